The molecule has 1 atom stereocenters. The summed E-state index contributed by atoms with van der Waals surface area (Å²) in [7, 11) is 0. The zero-order valence-electron chi connectivity index (χ0n) is 13.1. The Kier molecular flexibility index (Phi) is 6.46. The van der Waals surface area contributed by atoms with Gasteiger partial charge in [-0.2, -0.15) is 0 Å². The predicted molar refractivity (Wildman–Crippen MR) is 85.4 cm³/mol. The lowest BCUT2D eigenvalue weighted by molar-refractivity contribution is 0.121. The summed E-state index contributed by atoms with van der Waals surface area (Å²) in [6.07, 6.45) is 4.86. The van der Waals surface area contributed by atoms with Gasteiger partial charge >= 0.3 is 0 Å². The summed E-state index contributed by atoms with van der Waals surface area (Å²) in [4.78, 5) is 6.36. The first-order valence-corrected chi connectivity index (χ1v) is 8.79. The molecule has 0 radical (unpaired) electrons. The summed E-state index contributed by atoms with van der Waals surface area (Å²) in [5.41, 5.74) is 1.35. The van der Waals surface area contributed by atoms with Gasteiger partial charge in [0.05, 0.1) is 12.3 Å². The Morgan fingerprint density at radius 3 is 3.05 bits per heavy atom. The second kappa shape index (κ2) is 8.11. The second-order valence-corrected chi connectivity index (χ2v) is 7.28. The van der Waals surface area contributed by atoms with E-state index in [-0.39, 0.29) is 0 Å². The molecule has 1 unspecified atom stereocenters. The van der Waals surface area contributed by atoms with Crippen molar-refractivity contribution in [2.75, 3.05) is 19.7 Å². The number of aryl methyl sites for hydroxylation is 1. The van der Waals surface area contributed by atoms with Gasteiger partial charge in [0.2, 0.25) is 0 Å². The Hall–Kier alpha value is -0.450. The van der Waals surface area contributed by atoms with Crippen LogP contribution in [0.15, 0.2) is 0 Å². The van der Waals surface area contributed by atoms with E-state index in [0.29, 0.717) is 18.4 Å². The first-order valence-electron chi connectivity index (χ1n) is 7.97. The van der Waals surface area contributed by atoms with Gasteiger partial charge in [-0.1, -0.05) is 20.8 Å². The molecule has 1 N–H and O–H groups in total. The van der Waals surface area contributed by atoms with Crippen LogP contribution >= 0.6 is 11.3 Å². The van der Waals surface area contributed by atoms with Crippen LogP contribution < -0.4 is 5.32 Å². The monoisotopic (exact) mass is 296 g/mol. The van der Waals surface area contributed by atoms with Crippen molar-refractivity contribution >= 4 is 11.3 Å². The SMILES string of the molecule is CCCOCc1nc2c(s1)CCCC2CNCC(C)C. The number of thiazole rings is 1. The van der Waals surface area contributed by atoms with Gasteiger partial charge < -0.3 is 10.1 Å². The van der Waals surface area contributed by atoms with Crippen molar-refractivity contribution in [2.45, 2.75) is 59.0 Å². The average molecular weight is 296 g/mol. The molecule has 20 heavy (non-hydrogen) atoms. The average Bonchev–Trinajstić information content (AvgIpc) is 2.82. The number of rotatable bonds is 8. The Balaban J connectivity index is 1.92. The molecule has 2 rings (SSSR count). The van der Waals surface area contributed by atoms with Crippen molar-refractivity contribution < 1.29 is 4.74 Å². The largest absolute Gasteiger partial charge is 0.374 e. The number of nitrogens with zero attached hydrogens (tertiary/aromatic N) is 1. The first-order chi connectivity index (χ1) is 9.70. The van der Waals surface area contributed by atoms with E-state index in [9.17, 15) is 0 Å². The molecule has 0 bridgehead atoms. The predicted octanol–water partition coefficient (Wildman–Crippen LogP) is 3.74. The van der Waals surface area contributed by atoms with Crippen LogP contribution in [0.2, 0.25) is 0 Å². The fourth-order valence-corrected chi connectivity index (χ4v) is 3.80. The highest BCUT2D eigenvalue weighted by atomic mass is 32.1. The minimum atomic E-state index is 0.605. The van der Waals surface area contributed by atoms with E-state index in [1.807, 2.05) is 11.3 Å². The van der Waals surface area contributed by atoms with Crippen molar-refractivity contribution in [1.29, 1.82) is 0 Å². The molecular weight excluding hydrogens is 268 g/mol. The lowest BCUT2D eigenvalue weighted by Crippen LogP contribution is -2.27. The maximum Gasteiger partial charge on any atom is 0.119 e. The minimum absolute atomic E-state index is 0.605. The van der Waals surface area contributed by atoms with Crippen molar-refractivity contribution in [3.8, 4) is 0 Å². The van der Waals surface area contributed by atoms with Crippen LogP contribution in [-0.2, 0) is 17.8 Å². The van der Waals surface area contributed by atoms with E-state index in [0.717, 1.165) is 26.1 Å². The van der Waals surface area contributed by atoms with Gasteiger partial charge in [0.1, 0.15) is 5.01 Å². The zero-order valence-corrected chi connectivity index (χ0v) is 13.9. The lowest BCUT2D eigenvalue weighted by Gasteiger charge is -2.22. The van der Waals surface area contributed by atoms with Crippen LogP contribution in [0.5, 0.6) is 0 Å². The van der Waals surface area contributed by atoms with E-state index in [1.54, 1.807) is 0 Å². The topological polar surface area (TPSA) is 34.1 Å². The lowest BCUT2D eigenvalue weighted by atomic mass is 9.91. The summed E-state index contributed by atoms with van der Waals surface area (Å²) in [5.74, 6) is 1.32. The summed E-state index contributed by atoms with van der Waals surface area (Å²) >= 11 is 1.87. The quantitative estimate of drug-likeness (QED) is 0.742. The summed E-state index contributed by atoms with van der Waals surface area (Å²) < 4.78 is 5.63. The van der Waals surface area contributed by atoms with Gasteiger partial charge in [-0.25, -0.2) is 4.98 Å². The number of ether oxygens (including phenoxy) is 1. The Morgan fingerprint density at radius 2 is 2.30 bits per heavy atom. The molecular formula is C16H28N2OS. The van der Waals surface area contributed by atoms with Crippen LogP contribution in [-0.4, -0.2) is 24.7 Å². The second-order valence-electron chi connectivity index (χ2n) is 6.11. The molecule has 0 spiro atoms. The van der Waals surface area contributed by atoms with E-state index < -0.39 is 0 Å². The molecule has 1 aromatic rings. The van der Waals surface area contributed by atoms with E-state index in [2.05, 4.69) is 26.1 Å². The smallest absolute Gasteiger partial charge is 0.119 e. The van der Waals surface area contributed by atoms with Crippen molar-refractivity contribution in [3.63, 3.8) is 0 Å². The third-order valence-corrected chi connectivity index (χ3v) is 4.74. The molecule has 4 heteroatoms. The molecule has 3 nitrogen and oxygen atoms in total. The molecule has 1 aliphatic carbocycles. The highest BCUT2D eigenvalue weighted by Gasteiger charge is 2.24. The number of aromatic nitrogens is 1. The summed E-state index contributed by atoms with van der Waals surface area (Å²) in [6, 6.07) is 0. The van der Waals surface area contributed by atoms with E-state index >= 15 is 0 Å². The molecule has 0 fully saturated rings. The third kappa shape index (κ3) is 4.54. The van der Waals surface area contributed by atoms with Crippen LogP contribution in [0, 0.1) is 5.92 Å². The Labute approximate surface area is 127 Å². The molecule has 1 heterocycles. The first kappa shape index (κ1) is 15.9. The fourth-order valence-electron chi connectivity index (χ4n) is 2.67. The van der Waals surface area contributed by atoms with Crippen LogP contribution in [0.4, 0.5) is 0 Å². The van der Waals surface area contributed by atoms with Crippen LogP contribution in [0.1, 0.15) is 61.5 Å². The summed E-state index contributed by atoms with van der Waals surface area (Å²) in [6.45, 7) is 10.4. The molecule has 1 aliphatic rings. The molecule has 0 aliphatic heterocycles. The summed E-state index contributed by atoms with van der Waals surface area (Å²) in [5, 5.41) is 4.76. The van der Waals surface area contributed by atoms with Gasteiger partial charge in [0, 0.05) is 23.9 Å². The third-order valence-electron chi connectivity index (χ3n) is 3.63. The normalized spacial score (nSPS) is 18.5. The van der Waals surface area contributed by atoms with Crippen molar-refractivity contribution in [3.05, 3.63) is 15.6 Å². The van der Waals surface area contributed by atoms with Crippen LogP contribution in [0.25, 0.3) is 0 Å². The van der Waals surface area contributed by atoms with E-state index in [4.69, 9.17) is 9.72 Å². The fraction of sp³-hybridized carbons (Fsp3) is 0.812. The number of hydrogen-bond donors (Lipinski definition) is 1. The molecule has 0 amide bonds. The number of nitrogens with one attached hydrogen (secondary N) is 1. The van der Waals surface area contributed by atoms with Crippen molar-refractivity contribution in [1.82, 2.24) is 10.3 Å². The van der Waals surface area contributed by atoms with Crippen LogP contribution in [0.3, 0.4) is 0 Å². The van der Waals surface area contributed by atoms with Gasteiger partial charge in [-0.05, 0) is 38.1 Å². The van der Waals surface area contributed by atoms with Gasteiger partial charge in [-0.3, -0.25) is 0 Å². The van der Waals surface area contributed by atoms with Crippen molar-refractivity contribution in [2.24, 2.45) is 5.92 Å². The van der Waals surface area contributed by atoms with Gasteiger partial charge in [-0.15, -0.1) is 11.3 Å². The maximum atomic E-state index is 5.63. The Bertz CT molecular complexity index is 403. The maximum absolute atomic E-state index is 5.63. The highest BCUT2D eigenvalue weighted by Crippen LogP contribution is 2.34. The molecule has 0 aromatic carbocycles. The highest BCUT2D eigenvalue weighted by molar-refractivity contribution is 7.11. The van der Waals surface area contributed by atoms with E-state index in [1.165, 1.54) is 34.8 Å². The minimum Gasteiger partial charge on any atom is -0.374 e. The number of fused-ring (bicyclic) bond motifs is 1. The standard InChI is InChI=1S/C16H28N2OS/c1-4-8-19-11-15-18-16-13(10-17-9-12(2)3)6-5-7-14(16)20-15/h12-13,17H,4-11H2,1-3H3. The zero-order chi connectivity index (χ0) is 14.4. The number of hydrogen-bond acceptors (Lipinski definition) is 4. The molecule has 0 saturated heterocycles. The van der Waals surface area contributed by atoms with Gasteiger partial charge in [0.15, 0.2) is 0 Å². The van der Waals surface area contributed by atoms with Gasteiger partial charge in [0.25, 0.3) is 0 Å². The molecule has 114 valence electrons. The molecule has 1 aromatic heterocycles. The molecule has 0 saturated carbocycles. The Morgan fingerprint density at radius 1 is 1.45 bits per heavy atom.